The van der Waals surface area contributed by atoms with Crippen molar-refractivity contribution >= 4 is 10.0 Å². The van der Waals surface area contributed by atoms with Crippen LogP contribution in [-0.4, -0.2) is 24.1 Å². The molecule has 20 heavy (non-hydrogen) atoms. The summed E-state index contributed by atoms with van der Waals surface area (Å²) in [5.74, 6) is 0. The standard InChI is InChI=1S/C14H24N2O3S/c1-14(2)6-4-11(5-7-14)15-20(18,19)13-8-12(10-17)16(3)9-13/h8-9,11,15,17H,4-7,10H2,1-3H3. The predicted molar refractivity (Wildman–Crippen MR) is 77.7 cm³/mol. The van der Waals surface area contributed by atoms with E-state index >= 15 is 0 Å². The zero-order valence-electron chi connectivity index (χ0n) is 12.4. The van der Waals surface area contributed by atoms with Gasteiger partial charge in [-0.05, 0) is 37.2 Å². The van der Waals surface area contributed by atoms with Gasteiger partial charge in [0.25, 0.3) is 0 Å². The van der Waals surface area contributed by atoms with E-state index in [1.54, 1.807) is 17.8 Å². The molecule has 0 atom stereocenters. The molecule has 2 rings (SSSR count). The maximum Gasteiger partial charge on any atom is 0.242 e. The number of nitrogens with one attached hydrogen (secondary N) is 1. The molecule has 1 fully saturated rings. The van der Waals surface area contributed by atoms with Crippen molar-refractivity contribution in [1.29, 1.82) is 0 Å². The van der Waals surface area contributed by atoms with E-state index in [9.17, 15) is 8.42 Å². The molecule has 1 aromatic rings. The fourth-order valence-corrected chi connectivity index (χ4v) is 4.08. The number of nitrogens with zero attached hydrogens (tertiary/aromatic N) is 1. The molecule has 0 saturated heterocycles. The number of aliphatic hydroxyl groups is 1. The Morgan fingerprint density at radius 1 is 1.40 bits per heavy atom. The molecule has 0 radical (unpaired) electrons. The van der Waals surface area contributed by atoms with Crippen LogP contribution in [0.3, 0.4) is 0 Å². The normalized spacial score (nSPS) is 20.2. The number of hydrogen-bond donors (Lipinski definition) is 2. The molecule has 5 nitrogen and oxygen atoms in total. The van der Waals surface area contributed by atoms with Crippen LogP contribution in [0.2, 0.25) is 0 Å². The average molecular weight is 300 g/mol. The van der Waals surface area contributed by atoms with Gasteiger partial charge in [0.15, 0.2) is 0 Å². The maximum absolute atomic E-state index is 12.3. The summed E-state index contributed by atoms with van der Waals surface area (Å²) in [4.78, 5) is 0.230. The minimum Gasteiger partial charge on any atom is -0.390 e. The second kappa shape index (κ2) is 5.50. The van der Waals surface area contributed by atoms with Gasteiger partial charge in [0.1, 0.15) is 0 Å². The fraction of sp³-hybridized carbons (Fsp3) is 0.714. The third kappa shape index (κ3) is 3.42. The molecule has 6 heteroatoms. The SMILES string of the molecule is Cn1cc(S(=O)(=O)NC2CCC(C)(C)CC2)cc1CO. The minimum absolute atomic E-state index is 0.0193. The summed E-state index contributed by atoms with van der Waals surface area (Å²) in [6, 6.07) is 1.54. The highest BCUT2D eigenvalue weighted by atomic mass is 32.2. The number of rotatable bonds is 4. The van der Waals surface area contributed by atoms with Crippen LogP contribution in [-0.2, 0) is 23.7 Å². The van der Waals surface area contributed by atoms with Crippen molar-refractivity contribution in [3.05, 3.63) is 18.0 Å². The van der Waals surface area contributed by atoms with E-state index in [1.807, 2.05) is 0 Å². The van der Waals surface area contributed by atoms with Gasteiger partial charge in [-0.3, -0.25) is 0 Å². The number of aryl methyl sites for hydroxylation is 1. The van der Waals surface area contributed by atoms with Crippen LogP contribution < -0.4 is 4.72 Å². The van der Waals surface area contributed by atoms with Crippen LogP contribution in [0.4, 0.5) is 0 Å². The lowest BCUT2D eigenvalue weighted by atomic mass is 9.76. The predicted octanol–water partition coefficient (Wildman–Crippen LogP) is 1.76. The van der Waals surface area contributed by atoms with Crippen LogP contribution in [0.5, 0.6) is 0 Å². The highest BCUT2D eigenvalue weighted by Gasteiger charge is 2.30. The van der Waals surface area contributed by atoms with Gasteiger partial charge in [-0.1, -0.05) is 13.8 Å². The molecule has 1 aliphatic rings. The summed E-state index contributed by atoms with van der Waals surface area (Å²) in [5, 5.41) is 9.14. The van der Waals surface area contributed by atoms with Gasteiger partial charge >= 0.3 is 0 Å². The van der Waals surface area contributed by atoms with Crippen LogP contribution >= 0.6 is 0 Å². The van der Waals surface area contributed by atoms with E-state index in [1.165, 1.54) is 6.07 Å². The Balaban J connectivity index is 2.08. The Bertz CT molecular complexity index is 565. The van der Waals surface area contributed by atoms with Gasteiger partial charge in [0, 0.05) is 25.0 Å². The lowest BCUT2D eigenvalue weighted by Crippen LogP contribution is -2.39. The van der Waals surface area contributed by atoms with Crippen molar-refractivity contribution in [3.8, 4) is 0 Å². The molecule has 0 bridgehead atoms. The van der Waals surface area contributed by atoms with Crippen molar-refractivity contribution in [1.82, 2.24) is 9.29 Å². The molecular weight excluding hydrogens is 276 g/mol. The second-order valence-electron chi connectivity index (χ2n) is 6.50. The Hall–Kier alpha value is -0.850. The first-order valence-corrected chi connectivity index (χ1v) is 8.50. The van der Waals surface area contributed by atoms with Crippen molar-refractivity contribution < 1.29 is 13.5 Å². The van der Waals surface area contributed by atoms with Crippen LogP contribution in [0.25, 0.3) is 0 Å². The quantitative estimate of drug-likeness (QED) is 0.890. The van der Waals surface area contributed by atoms with Crippen LogP contribution in [0.15, 0.2) is 17.2 Å². The summed E-state index contributed by atoms with van der Waals surface area (Å²) in [6.45, 7) is 4.29. The van der Waals surface area contributed by atoms with Gasteiger partial charge in [-0.15, -0.1) is 0 Å². The zero-order chi connectivity index (χ0) is 15.0. The summed E-state index contributed by atoms with van der Waals surface area (Å²) in [7, 11) is -1.76. The lowest BCUT2D eigenvalue weighted by Gasteiger charge is -2.34. The summed E-state index contributed by atoms with van der Waals surface area (Å²) < 4.78 is 29.1. The van der Waals surface area contributed by atoms with E-state index in [4.69, 9.17) is 5.11 Å². The Kier molecular flexibility index (Phi) is 4.27. The van der Waals surface area contributed by atoms with E-state index in [0.717, 1.165) is 25.7 Å². The monoisotopic (exact) mass is 300 g/mol. The number of sulfonamides is 1. The number of hydrogen-bond acceptors (Lipinski definition) is 3. The van der Waals surface area contributed by atoms with Crippen molar-refractivity contribution in [2.45, 2.75) is 57.1 Å². The van der Waals surface area contributed by atoms with Crippen LogP contribution in [0, 0.1) is 5.41 Å². The first-order valence-electron chi connectivity index (χ1n) is 7.02. The first-order chi connectivity index (χ1) is 9.23. The van der Waals surface area contributed by atoms with Gasteiger partial charge in [-0.25, -0.2) is 13.1 Å². The Labute approximate surface area is 121 Å². The zero-order valence-corrected chi connectivity index (χ0v) is 13.2. The summed E-state index contributed by atoms with van der Waals surface area (Å²) in [5.41, 5.74) is 0.911. The largest absolute Gasteiger partial charge is 0.390 e. The molecular formula is C14H24N2O3S. The van der Waals surface area contributed by atoms with Gasteiger partial charge < -0.3 is 9.67 Å². The smallest absolute Gasteiger partial charge is 0.242 e. The molecule has 2 N–H and O–H groups in total. The molecule has 1 heterocycles. The van der Waals surface area contributed by atoms with Gasteiger partial charge in [0.05, 0.1) is 11.5 Å². The molecule has 1 saturated carbocycles. The van der Waals surface area contributed by atoms with Crippen molar-refractivity contribution in [2.24, 2.45) is 12.5 Å². The third-order valence-electron chi connectivity index (χ3n) is 4.22. The highest BCUT2D eigenvalue weighted by molar-refractivity contribution is 7.89. The molecule has 114 valence electrons. The fourth-order valence-electron chi connectivity index (χ4n) is 2.69. The van der Waals surface area contributed by atoms with Crippen LogP contribution in [0.1, 0.15) is 45.2 Å². The lowest BCUT2D eigenvalue weighted by molar-refractivity contribution is 0.218. The van der Waals surface area contributed by atoms with E-state index in [0.29, 0.717) is 11.1 Å². The average Bonchev–Trinajstić information content (AvgIpc) is 2.74. The van der Waals surface area contributed by atoms with Crippen molar-refractivity contribution in [2.75, 3.05) is 0 Å². The molecule has 0 aliphatic heterocycles. The van der Waals surface area contributed by atoms with Gasteiger partial charge in [0.2, 0.25) is 10.0 Å². The van der Waals surface area contributed by atoms with E-state index in [2.05, 4.69) is 18.6 Å². The summed E-state index contributed by atoms with van der Waals surface area (Å²) >= 11 is 0. The number of aromatic nitrogens is 1. The molecule has 1 aliphatic carbocycles. The molecule has 0 amide bonds. The van der Waals surface area contributed by atoms with E-state index in [-0.39, 0.29) is 17.5 Å². The topological polar surface area (TPSA) is 71.3 Å². The number of aliphatic hydroxyl groups excluding tert-OH is 1. The highest BCUT2D eigenvalue weighted by Crippen LogP contribution is 2.35. The van der Waals surface area contributed by atoms with Gasteiger partial charge in [-0.2, -0.15) is 0 Å². The maximum atomic E-state index is 12.3. The Morgan fingerprint density at radius 3 is 2.50 bits per heavy atom. The molecule has 0 unspecified atom stereocenters. The molecule has 0 aromatic carbocycles. The first kappa shape index (κ1) is 15.5. The molecule has 1 aromatic heterocycles. The summed E-state index contributed by atoms with van der Waals surface area (Å²) in [6.07, 6.45) is 5.38. The molecule has 0 spiro atoms. The minimum atomic E-state index is -3.49. The van der Waals surface area contributed by atoms with E-state index < -0.39 is 10.0 Å². The van der Waals surface area contributed by atoms with Crippen molar-refractivity contribution in [3.63, 3.8) is 0 Å². The third-order valence-corrected chi connectivity index (χ3v) is 5.70. The second-order valence-corrected chi connectivity index (χ2v) is 8.21. The Morgan fingerprint density at radius 2 is 2.00 bits per heavy atom.